The van der Waals surface area contributed by atoms with Gasteiger partial charge in [0.2, 0.25) is 5.91 Å². The first kappa shape index (κ1) is 14.4. The van der Waals surface area contributed by atoms with E-state index in [1.54, 1.807) is 0 Å². The maximum Gasteiger partial charge on any atom is 0.307 e. The van der Waals surface area contributed by atoms with Crippen LogP contribution >= 0.6 is 0 Å². The molecule has 108 valence electrons. The van der Waals surface area contributed by atoms with Gasteiger partial charge >= 0.3 is 5.97 Å². The van der Waals surface area contributed by atoms with Crippen LogP contribution in [-0.4, -0.2) is 35.0 Å². The van der Waals surface area contributed by atoms with Crippen molar-refractivity contribution < 1.29 is 14.7 Å². The van der Waals surface area contributed by atoms with Gasteiger partial charge in [-0.3, -0.25) is 9.59 Å². The summed E-state index contributed by atoms with van der Waals surface area (Å²) in [5, 5.41) is 9.33. The Morgan fingerprint density at radius 2 is 1.63 bits per heavy atom. The molecule has 2 aliphatic rings. The summed E-state index contributed by atoms with van der Waals surface area (Å²) in [6, 6.07) is 0. The minimum absolute atomic E-state index is 0.102. The molecule has 0 aromatic rings. The summed E-state index contributed by atoms with van der Waals surface area (Å²) in [6.45, 7) is 3.72. The van der Waals surface area contributed by atoms with Crippen LogP contribution < -0.4 is 0 Å². The zero-order valence-electron chi connectivity index (χ0n) is 11.8. The summed E-state index contributed by atoms with van der Waals surface area (Å²) in [7, 11) is 0. The average Bonchev–Trinajstić information content (AvgIpc) is 2.65. The van der Waals surface area contributed by atoms with E-state index in [2.05, 4.69) is 6.92 Å². The zero-order chi connectivity index (χ0) is 13.8. The lowest BCUT2D eigenvalue weighted by atomic mass is 9.94. The van der Waals surface area contributed by atoms with Gasteiger partial charge in [0.25, 0.3) is 0 Å². The Labute approximate surface area is 115 Å². The second-order valence-corrected chi connectivity index (χ2v) is 6.04. The highest BCUT2D eigenvalue weighted by Gasteiger charge is 2.43. The number of carbonyl (C=O) groups excluding carboxylic acids is 1. The number of carboxylic acid groups (broad SMARTS) is 1. The molecule has 0 bridgehead atoms. The molecule has 2 fully saturated rings. The van der Waals surface area contributed by atoms with E-state index >= 15 is 0 Å². The van der Waals surface area contributed by atoms with Crippen LogP contribution in [0.3, 0.4) is 0 Å². The molecule has 1 amide bonds. The lowest BCUT2D eigenvalue weighted by molar-refractivity contribution is -0.149. The number of nitrogens with zero attached hydrogens (tertiary/aromatic N) is 1. The Kier molecular flexibility index (Phi) is 4.83. The van der Waals surface area contributed by atoms with Crippen LogP contribution in [-0.2, 0) is 9.59 Å². The van der Waals surface area contributed by atoms with E-state index in [-0.39, 0.29) is 11.8 Å². The van der Waals surface area contributed by atoms with Gasteiger partial charge in [-0.25, -0.2) is 0 Å². The molecule has 1 N–H and O–H groups in total. The second kappa shape index (κ2) is 6.40. The first-order valence-corrected chi connectivity index (χ1v) is 7.65. The van der Waals surface area contributed by atoms with Gasteiger partial charge in [-0.2, -0.15) is 0 Å². The van der Waals surface area contributed by atoms with Crippen LogP contribution in [0.4, 0.5) is 0 Å². The van der Waals surface area contributed by atoms with E-state index in [1.807, 2.05) is 4.90 Å². The highest BCUT2D eigenvalue weighted by Crippen LogP contribution is 2.39. The highest BCUT2D eigenvalue weighted by atomic mass is 16.4. The highest BCUT2D eigenvalue weighted by molar-refractivity contribution is 5.85. The van der Waals surface area contributed by atoms with Crippen molar-refractivity contribution in [3.63, 3.8) is 0 Å². The maximum atomic E-state index is 12.6. The van der Waals surface area contributed by atoms with Gasteiger partial charge in [0.1, 0.15) is 0 Å². The molecule has 19 heavy (non-hydrogen) atoms. The van der Waals surface area contributed by atoms with Crippen molar-refractivity contribution in [3.8, 4) is 0 Å². The van der Waals surface area contributed by atoms with E-state index in [1.165, 1.54) is 12.8 Å². The molecular weight excluding hydrogens is 242 g/mol. The van der Waals surface area contributed by atoms with Crippen LogP contribution in [0.25, 0.3) is 0 Å². The van der Waals surface area contributed by atoms with E-state index < -0.39 is 11.9 Å². The van der Waals surface area contributed by atoms with Gasteiger partial charge < -0.3 is 10.0 Å². The molecule has 4 nitrogen and oxygen atoms in total. The third-order valence-electron chi connectivity index (χ3n) is 4.79. The Morgan fingerprint density at radius 3 is 2.16 bits per heavy atom. The summed E-state index contributed by atoms with van der Waals surface area (Å²) < 4.78 is 0. The number of rotatable bonds is 3. The summed E-state index contributed by atoms with van der Waals surface area (Å²) in [6.07, 6.45) is 6.93. The molecule has 1 heterocycles. The molecule has 0 aromatic carbocycles. The van der Waals surface area contributed by atoms with Crippen LogP contribution in [0.5, 0.6) is 0 Å². The van der Waals surface area contributed by atoms with Crippen molar-refractivity contribution in [2.45, 2.75) is 51.9 Å². The third-order valence-corrected chi connectivity index (χ3v) is 4.79. The Balaban J connectivity index is 2.05. The topological polar surface area (TPSA) is 57.6 Å². The summed E-state index contributed by atoms with van der Waals surface area (Å²) >= 11 is 0. The van der Waals surface area contributed by atoms with Gasteiger partial charge in [0, 0.05) is 13.1 Å². The molecular formula is C15H25NO3. The van der Waals surface area contributed by atoms with Gasteiger partial charge in [-0.15, -0.1) is 0 Å². The van der Waals surface area contributed by atoms with Gasteiger partial charge in [0.15, 0.2) is 0 Å². The van der Waals surface area contributed by atoms with E-state index in [4.69, 9.17) is 0 Å². The lowest BCUT2D eigenvalue weighted by Crippen LogP contribution is -2.39. The fourth-order valence-corrected chi connectivity index (χ4v) is 3.55. The molecule has 1 saturated heterocycles. The minimum Gasteiger partial charge on any atom is -0.481 e. The minimum atomic E-state index is -0.788. The van der Waals surface area contributed by atoms with Crippen LogP contribution in [0.15, 0.2) is 0 Å². The molecule has 1 aliphatic heterocycles. The van der Waals surface area contributed by atoms with Gasteiger partial charge in [-0.05, 0) is 31.6 Å². The van der Waals surface area contributed by atoms with Crippen molar-refractivity contribution in [1.82, 2.24) is 4.90 Å². The number of hydrogen-bond donors (Lipinski definition) is 1. The lowest BCUT2D eigenvalue weighted by Gasteiger charge is -2.25. The first-order valence-electron chi connectivity index (χ1n) is 7.65. The van der Waals surface area contributed by atoms with Crippen molar-refractivity contribution >= 4 is 11.9 Å². The average molecular weight is 267 g/mol. The number of carbonyl (C=O) groups is 2. The largest absolute Gasteiger partial charge is 0.481 e. The predicted octanol–water partition coefficient (Wildman–Crippen LogP) is 2.53. The number of likely N-dealkylation sites (tertiary alicyclic amines) is 1. The smallest absolute Gasteiger partial charge is 0.307 e. The van der Waals surface area contributed by atoms with E-state index in [0.717, 1.165) is 38.8 Å². The van der Waals surface area contributed by atoms with Crippen LogP contribution in [0, 0.1) is 17.8 Å². The third kappa shape index (κ3) is 3.28. The molecule has 2 rings (SSSR count). The summed E-state index contributed by atoms with van der Waals surface area (Å²) in [5.41, 5.74) is 0. The van der Waals surface area contributed by atoms with Gasteiger partial charge in [-0.1, -0.05) is 26.2 Å². The van der Waals surface area contributed by atoms with Crippen molar-refractivity contribution in [3.05, 3.63) is 0 Å². The van der Waals surface area contributed by atoms with E-state index in [0.29, 0.717) is 12.3 Å². The van der Waals surface area contributed by atoms with E-state index in [9.17, 15) is 14.7 Å². The molecule has 1 aliphatic carbocycles. The molecule has 0 aromatic heterocycles. The monoisotopic (exact) mass is 267 g/mol. The number of amides is 1. The Morgan fingerprint density at radius 1 is 1.05 bits per heavy atom. The predicted molar refractivity (Wildman–Crippen MR) is 72.7 cm³/mol. The molecule has 3 atom stereocenters. The summed E-state index contributed by atoms with van der Waals surface area (Å²) in [4.78, 5) is 25.9. The second-order valence-electron chi connectivity index (χ2n) is 6.04. The van der Waals surface area contributed by atoms with Crippen molar-refractivity contribution in [1.29, 1.82) is 0 Å². The first-order chi connectivity index (χ1) is 9.13. The van der Waals surface area contributed by atoms with Crippen LogP contribution in [0.2, 0.25) is 0 Å². The number of carboxylic acids is 1. The Bertz CT molecular complexity index is 334. The number of aliphatic carboxylic acids is 1. The fourth-order valence-electron chi connectivity index (χ4n) is 3.55. The molecule has 3 unspecified atom stereocenters. The Hall–Kier alpha value is -1.06. The normalized spacial score (nSPS) is 32.1. The number of hydrogen-bond acceptors (Lipinski definition) is 2. The summed E-state index contributed by atoms with van der Waals surface area (Å²) in [5.74, 6) is -1.02. The zero-order valence-corrected chi connectivity index (χ0v) is 11.8. The van der Waals surface area contributed by atoms with Crippen molar-refractivity contribution in [2.75, 3.05) is 13.1 Å². The van der Waals surface area contributed by atoms with Crippen molar-refractivity contribution in [2.24, 2.45) is 17.8 Å². The van der Waals surface area contributed by atoms with Gasteiger partial charge in [0.05, 0.1) is 11.8 Å². The van der Waals surface area contributed by atoms with Crippen LogP contribution in [0.1, 0.15) is 51.9 Å². The molecule has 4 heteroatoms. The quantitative estimate of drug-likeness (QED) is 0.855. The molecule has 0 spiro atoms. The maximum absolute atomic E-state index is 12.6. The molecule has 0 radical (unpaired) electrons. The SMILES string of the molecule is CCC1CC(C(=O)O)C(C(=O)N2CCCCCC2)C1. The fraction of sp³-hybridized carbons (Fsp3) is 0.867. The standard InChI is InChI=1S/C15H25NO3/c1-2-11-9-12(13(10-11)15(18)19)14(17)16-7-5-3-4-6-8-16/h11-13H,2-10H2,1H3,(H,18,19). The molecule has 1 saturated carbocycles.